The van der Waals surface area contributed by atoms with E-state index in [1.165, 1.54) is 6.42 Å². The molecule has 0 aromatic heterocycles. The monoisotopic (exact) mass is 243 g/mol. The molecule has 2 atom stereocenters. The molecule has 0 spiro atoms. The highest BCUT2D eigenvalue weighted by molar-refractivity contribution is 4.97. The first-order valence-corrected chi connectivity index (χ1v) is 6.79. The molecule has 0 amide bonds. The molecule has 1 fully saturated rings. The van der Waals surface area contributed by atoms with Crippen LogP contribution in [-0.2, 0) is 0 Å². The van der Waals surface area contributed by atoms with Crippen molar-refractivity contribution in [2.75, 3.05) is 40.3 Å². The lowest BCUT2D eigenvalue weighted by Gasteiger charge is -2.31. The SMILES string of the molecule is CCCN(CCN(C)C)C1CCC(N)(CO)C1. The van der Waals surface area contributed by atoms with Crippen LogP contribution in [0.1, 0.15) is 32.6 Å². The molecular weight excluding hydrogens is 214 g/mol. The molecule has 102 valence electrons. The molecule has 0 saturated heterocycles. The molecule has 0 aromatic carbocycles. The maximum Gasteiger partial charge on any atom is 0.0611 e. The summed E-state index contributed by atoms with van der Waals surface area (Å²) in [5.74, 6) is 0. The fraction of sp³-hybridized carbons (Fsp3) is 1.00. The van der Waals surface area contributed by atoms with E-state index in [0.29, 0.717) is 6.04 Å². The molecule has 3 N–H and O–H groups in total. The molecule has 4 nitrogen and oxygen atoms in total. The summed E-state index contributed by atoms with van der Waals surface area (Å²) in [7, 11) is 4.22. The molecule has 4 heteroatoms. The second kappa shape index (κ2) is 6.69. The van der Waals surface area contributed by atoms with E-state index >= 15 is 0 Å². The summed E-state index contributed by atoms with van der Waals surface area (Å²) in [5, 5.41) is 9.32. The van der Waals surface area contributed by atoms with Gasteiger partial charge in [0.05, 0.1) is 6.61 Å². The van der Waals surface area contributed by atoms with E-state index in [1.807, 2.05) is 0 Å². The van der Waals surface area contributed by atoms with E-state index in [2.05, 4.69) is 30.8 Å². The average Bonchev–Trinajstić information content (AvgIpc) is 2.68. The van der Waals surface area contributed by atoms with E-state index in [0.717, 1.165) is 38.9 Å². The minimum absolute atomic E-state index is 0.122. The van der Waals surface area contributed by atoms with Crippen molar-refractivity contribution in [3.05, 3.63) is 0 Å². The van der Waals surface area contributed by atoms with Gasteiger partial charge in [0.2, 0.25) is 0 Å². The number of hydrogen-bond donors (Lipinski definition) is 2. The maximum atomic E-state index is 9.32. The molecule has 1 rings (SSSR count). The molecule has 1 saturated carbocycles. The Hall–Kier alpha value is -0.160. The van der Waals surface area contributed by atoms with E-state index in [1.54, 1.807) is 0 Å². The Morgan fingerprint density at radius 3 is 2.47 bits per heavy atom. The van der Waals surface area contributed by atoms with Gasteiger partial charge in [0.25, 0.3) is 0 Å². The van der Waals surface area contributed by atoms with Crippen molar-refractivity contribution in [3.8, 4) is 0 Å². The predicted octanol–water partition coefficient (Wildman–Crippen LogP) is 0.502. The topological polar surface area (TPSA) is 52.7 Å². The molecule has 0 aliphatic heterocycles. The second-order valence-corrected chi connectivity index (χ2v) is 5.76. The highest BCUT2D eigenvalue weighted by Crippen LogP contribution is 2.30. The van der Waals surface area contributed by atoms with Gasteiger partial charge in [0, 0.05) is 24.7 Å². The molecule has 2 unspecified atom stereocenters. The third-order valence-electron chi connectivity index (χ3n) is 3.79. The van der Waals surface area contributed by atoms with E-state index < -0.39 is 0 Å². The Bertz CT molecular complexity index is 223. The largest absolute Gasteiger partial charge is 0.394 e. The van der Waals surface area contributed by atoms with Crippen LogP contribution >= 0.6 is 0 Å². The van der Waals surface area contributed by atoms with Gasteiger partial charge >= 0.3 is 0 Å². The zero-order valence-electron chi connectivity index (χ0n) is 11.7. The van der Waals surface area contributed by atoms with E-state index in [4.69, 9.17) is 5.73 Å². The van der Waals surface area contributed by atoms with Crippen LogP contribution in [0.3, 0.4) is 0 Å². The third-order valence-corrected chi connectivity index (χ3v) is 3.79. The summed E-state index contributed by atoms with van der Waals surface area (Å²) in [6.45, 7) is 5.68. The number of likely N-dealkylation sites (N-methyl/N-ethyl adjacent to an activating group) is 1. The number of nitrogens with zero attached hydrogens (tertiary/aromatic N) is 2. The van der Waals surface area contributed by atoms with Gasteiger partial charge in [-0.1, -0.05) is 6.92 Å². The summed E-state index contributed by atoms with van der Waals surface area (Å²) in [4.78, 5) is 4.77. The number of aliphatic hydroxyl groups excluding tert-OH is 1. The minimum atomic E-state index is -0.325. The highest BCUT2D eigenvalue weighted by atomic mass is 16.3. The summed E-state index contributed by atoms with van der Waals surface area (Å²) < 4.78 is 0. The lowest BCUT2D eigenvalue weighted by atomic mass is 10.0. The van der Waals surface area contributed by atoms with Crippen LogP contribution in [0.4, 0.5) is 0 Å². The van der Waals surface area contributed by atoms with Crippen LogP contribution in [-0.4, -0.2) is 66.8 Å². The number of rotatable bonds is 7. The van der Waals surface area contributed by atoms with Crippen LogP contribution in [0, 0.1) is 0 Å². The van der Waals surface area contributed by atoms with Gasteiger partial charge in [0.15, 0.2) is 0 Å². The van der Waals surface area contributed by atoms with Crippen LogP contribution < -0.4 is 5.73 Å². The predicted molar refractivity (Wildman–Crippen MR) is 72.1 cm³/mol. The zero-order valence-corrected chi connectivity index (χ0v) is 11.7. The Kier molecular flexibility index (Phi) is 5.86. The smallest absolute Gasteiger partial charge is 0.0611 e. The first-order valence-electron chi connectivity index (χ1n) is 6.79. The lowest BCUT2D eigenvalue weighted by Crippen LogP contribution is -2.45. The summed E-state index contributed by atoms with van der Waals surface area (Å²) in [6.07, 6.45) is 4.21. The number of hydrogen-bond acceptors (Lipinski definition) is 4. The Morgan fingerprint density at radius 2 is 2.00 bits per heavy atom. The van der Waals surface area contributed by atoms with E-state index in [9.17, 15) is 5.11 Å². The van der Waals surface area contributed by atoms with Crippen LogP contribution in [0.15, 0.2) is 0 Å². The van der Waals surface area contributed by atoms with Crippen molar-refractivity contribution < 1.29 is 5.11 Å². The molecule has 0 heterocycles. The van der Waals surface area contributed by atoms with Gasteiger partial charge in [-0.15, -0.1) is 0 Å². The van der Waals surface area contributed by atoms with Crippen LogP contribution in [0.25, 0.3) is 0 Å². The van der Waals surface area contributed by atoms with Crippen molar-refractivity contribution in [2.24, 2.45) is 5.73 Å². The highest BCUT2D eigenvalue weighted by Gasteiger charge is 2.37. The fourth-order valence-electron chi connectivity index (χ4n) is 2.68. The van der Waals surface area contributed by atoms with Crippen molar-refractivity contribution >= 4 is 0 Å². The van der Waals surface area contributed by atoms with Gasteiger partial charge in [-0.05, 0) is 46.3 Å². The second-order valence-electron chi connectivity index (χ2n) is 5.76. The molecule has 0 bridgehead atoms. The summed E-state index contributed by atoms with van der Waals surface area (Å²) in [5.41, 5.74) is 5.83. The molecule has 1 aliphatic carbocycles. The first-order chi connectivity index (χ1) is 8.00. The summed E-state index contributed by atoms with van der Waals surface area (Å²) >= 11 is 0. The van der Waals surface area contributed by atoms with Crippen molar-refractivity contribution in [3.63, 3.8) is 0 Å². The van der Waals surface area contributed by atoms with E-state index in [-0.39, 0.29) is 12.1 Å². The van der Waals surface area contributed by atoms with Gasteiger partial charge in [-0.25, -0.2) is 0 Å². The van der Waals surface area contributed by atoms with Crippen LogP contribution in [0.2, 0.25) is 0 Å². The first kappa shape index (κ1) is 14.9. The standard InChI is InChI=1S/C13H29N3O/c1-4-7-16(9-8-15(2)3)12-5-6-13(14,10-12)11-17/h12,17H,4-11,14H2,1-3H3. The lowest BCUT2D eigenvalue weighted by molar-refractivity contribution is 0.156. The zero-order chi connectivity index (χ0) is 12.9. The average molecular weight is 243 g/mol. The quantitative estimate of drug-likeness (QED) is 0.684. The molecule has 0 radical (unpaired) electrons. The Labute approximate surface area is 106 Å². The van der Waals surface area contributed by atoms with Crippen molar-refractivity contribution in [1.82, 2.24) is 9.80 Å². The Balaban J connectivity index is 2.48. The molecule has 1 aliphatic rings. The van der Waals surface area contributed by atoms with Gasteiger partial charge in [-0.3, -0.25) is 4.90 Å². The Morgan fingerprint density at radius 1 is 1.29 bits per heavy atom. The maximum absolute atomic E-state index is 9.32. The van der Waals surface area contributed by atoms with Gasteiger partial charge in [0.1, 0.15) is 0 Å². The number of nitrogens with two attached hydrogens (primary N) is 1. The summed E-state index contributed by atoms with van der Waals surface area (Å²) in [6, 6.07) is 0.562. The number of aliphatic hydroxyl groups is 1. The van der Waals surface area contributed by atoms with Gasteiger partial charge < -0.3 is 15.7 Å². The van der Waals surface area contributed by atoms with Crippen molar-refractivity contribution in [2.45, 2.75) is 44.2 Å². The third kappa shape index (κ3) is 4.54. The molecule has 0 aromatic rings. The normalized spacial score (nSPS) is 29.5. The molecular formula is C13H29N3O. The van der Waals surface area contributed by atoms with Gasteiger partial charge in [-0.2, -0.15) is 0 Å². The minimum Gasteiger partial charge on any atom is -0.394 e. The fourth-order valence-corrected chi connectivity index (χ4v) is 2.68. The molecule has 17 heavy (non-hydrogen) atoms. The van der Waals surface area contributed by atoms with Crippen molar-refractivity contribution in [1.29, 1.82) is 0 Å². The van der Waals surface area contributed by atoms with Crippen LogP contribution in [0.5, 0.6) is 0 Å².